The lowest BCUT2D eigenvalue weighted by Crippen LogP contribution is -2.20. The molecule has 3 N–H and O–H groups in total. The fraction of sp³-hybridized carbons (Fsp3) is 0.214. The molecule has 0 unspecified atom stereocenters. The molecule has 0 fully saturated rings. The topological polar surface area (TPSA) is 78.5 Å². The second kappa shape index (κ2) is 7.51. The minimum absolute atomic E-state index is 0.149. The zero-order valence-electron chi connectivity index (χ0n) is 11.8. The highest BCUT2D eigenvalue weighted by Gasteiger charge is 2.11. The largest absolute Gasteiger partial charge is 0.453 e. The summed E-state index contributed by atoms with van der Waals surface area (Å²) in [6.45, 7) is 0.839. The molecule has 0 saturated carbocycles. The Kier molecular flexibility index (Phi) is 5.68. The van der Waals surface area contributed by atoms with Crippen molar-refractivity contribution in [3.63, 3.8) is 0 Å². The van der Waals surface area contributed by atoms with Crippen LogP contribution in [0.15, 0.2) is 35.3 Å². The second-order valence-corrected chi connectivity index (χ2v) is 5.22. The van der Waals surface area contributed by atoms with Crippen molar-refractivity contribution in [2.24, 2.45) is 5.84 Å². The molecule has 2 rings (SSSR count). The molecule has 0 aliphatic heterocycles. The number of pyridine rings is 1. The standard InChI is InChI=1S/C14H15Cl2N3O3/c1-21-5-4-19-8-10(2-3-13(19)20)22-14-11(15)6-9(18-17)7-12(14)16/h2-3,6-8,18H,4-5,17H2,1H3. The first-order chi connectivity index (χ1) is 10.5. The molecular formula is C14H15Cl2N3O3. The molecule has 1 aromatic carbocycles. The van der Waals surface area contributed by atoms with Crippen LogP contribution in [-0.4, -0.2) is 18.3 Å². The van der Waals surface area contributed by atoms with Gasteiger partial charge in [-0.1, -0.05) is 23.2 Å². The molecule has 0 bridgehead atoms. The van der Waals surface area contributed by atoms with E-state index in [9.17, 15) is 4.79 Å². The van der Waals surface area contributed by atoms with Gasteiger partial charge in [-0.15, -0.1) is 0 Å². The van der Waals surface area contributed by atoms with E-state index in [0.717, 1.165) is 0 Å². The molecule has 0 aliphatic carbocycles. The molecule has 0 amide bonds. The van der Waals surface area contributed by atoms with Gasteiger partial charge < -0.3 is 19.5 Å². The van der Waals surface area contributed by atoms with Crippen LogP contribution in [0.3, 0.4) is 0 Å². The summed E-state index contributed by atoms with van der Waals surface area (Å²) < 4.78 is 12.1. The maximum Gasteiger partial charge on any atom is 0.250 e. The van der Waals surface area contributed by atoms with Crippen molar-refractivity contribution in [3.8, 4) is 11.5 Å². The van der Waals surface area contributed by atoms with E-state index < -0.39 is 0 Å². The molecule has 0 radical (unpaired) electrons. The predicted molar refractivity (Wildman–Crippen MR) is 86.9 cm³/mol. The van der Waals surface area contributed by atoms with Crippen LogP contribution in [0.1, 0.15) is 0 Å². The van der Waals surface area contributed by atoms with Crippen molar-refractivity contribution >= 4 is 28.9 Å². The average Bonchev–Trinajstić information content (AvgIpc) is 2.50. The van der Waals surface area contributed by atoms with E-state index in [1.165, 1.54) is 10.6 Å². The third-order valence-electron chi connectivity index (χ3n) is 2.88. The Bertz CT molecular complexity index is 696. The molecular weight excluding hydrogens is 329 g/mol. The first-order valence-corrected chi connectivity index (χ1v) is 7.13. The second-order valence-electron chi connectivity index (χ2n) is 4.40. The van der Waals surface area contributed by atoms with Crippen molar-refractivity contribution < 1.29 is 9.47 Å². The van der Waals surface area contributed by atoms with Gasteiger partial charge in [0.15, 0.2) is 5.75 Å². The molecule has 6 nitrogen and oxygen atoms in total. The highest BCUT2D eigenvalue weighted by atomic mass is 35.5. The van der Waals surface area contributed by atoms with Crippen LogP contribution in [0, 0.1) is 0 Å². The minimum atomic E-state index is -0.149. The quantitative estimate of drug-likeness (QED) is 0.622. The van der Waals surface area contributed by atoms with Gasteiger partial charge in [0, 0.05) is 25.9 Å². The van der Waals surface area contributed by atoms with Gasteiger partial charge in [0.25, 0.3) is 5.56 Å². The lowest BCUT2D eigenvalue weighted by atomic mass is 10.3. The lowest BCUT2D eigenvalue weighted by molar-refractivity contribution is 0.186. The van der Waals surface area contributed by atoms with Crippen LogP contribution in [0.2, 0.25) is 10.0 Å². The van der Waals surface area contributed by atoms with Gasteiger partial charge in [-0.05, 0) is 18.2 Å². The first-order valence-electron chi connectivity index (χ1n) is 6.38. The van der Waals surface area contributed by atoms with Crippen molar-refractivity contribution in [3.05, 3.63) is 50.9 Å². The number of halogens is 2. The summed E-state index contributed by atoms with van der Waals surface area (Å²) in [6.07, 6.45) is 1.57. The summed E-state index contributed by atoms with van der Waals surface area (Å²) in [5, 5.41) is 0.602. The third kappa shape index (κ3) is 3.92. The van der Waals surface area contributed by atoms with Gasteiger partial charge in [-0.3, -0.25) is 10.6 Å². The fourth-order valence-corrected chi connectivity index (χ4v) is 2.36. The Hall–Kier alpha value is -1.73. The molecule has 0 spiro atoms. The van der Waals surface area contributed by atoms with Crippen molar-refractivity contribution in [2.75, 3.05) is 19.1 Å². The van der Waals surface area contributed by atoms with Gasteiger partial charge in [0.1, 0.15) is 5.75 Å². The third-order valence-corrected chi connectivity index (χ3v) is 3.44. The Morgan fingerprint density at radius 3 is 2.55 bits per heavy atom. The number of nitrogens with one attached hydrogen (secondary N) is 1. The smallest absolute Gasteiger partial charge is 0.250 e. The van der Waals surface area contributed by atoms with E-state index in [-0.39, 0.29) is 5.56 Å². The maximum atomic E-state index is 11.7. The molecule has 0 atom stereocenters. The number of anilines is 1. The monoisotopic (exact) mass is 343 g/mol. The van der Waals surface area contributed by atoms with E-state index in [1.807, 2.05) is 0 Å². The minimum Gasteiger partial charge on any atom is -0.453 e. The van der Waals surface area contributed by atoms with Crippen molar-refractivity contribution in [1.82, 2.24) is 4.57 Å². The summed E-state index contributed by atoms with van der Waals surface area (Å²) in [5.74, 6) is 6.04. The van der Waals surface area contributed by atoms with Gasteiger partial charge in [-0.25, -0.2) is 0 Å². The highest BCUT2D eigenvalue weighted by Crippen LogP contribution is 2.38. The van der Waals surface area contributed by atoms with E-state index in [1.54, 1.807) is 31.5 Å². The number of benzene rings is 1. The van der Waals surface area contributed by atoms with Gasteiger partial charge in [0.2, 0.25) is 0 Å². The number of aromatic nitrogens is 1. The number of rotatable bonds is 6. The maximum absolute atomic E-state index is 11.7. The van der Waals surface area contributed by atoms with Crippen LogP contribution >= 0.6 is 23.2 Å². The normalized spacial score (nSPS) is 10.5. The van der Waals surface area contributed by atoms with E-state index >= 15 is 0 Å². The SMILES string of the molecule is COCCn1cc(Oc2c(Cl)cc(NN)cc2Cl)ccc1=O. The summed E-state index contributed by atoms with van der Waals surface area (Å²) in [7, 11) is 1.57. The Morgan fingerprint density at radius 2 is 1.95 bits per heavy atom. The average molecular weight is 344 g/mol. The Labute approximate surface area is 137 Å². The summed E-state index contributed by atoms with van der Waals surface area (Å²) in [5.41, 5.74) is 2.87. The van der Waals surface area contributed by atoms with Gasteiger partial charge in [-0.2, -0.15) is 0 Å². The number of nitrogens with zero attached hydrogens (tertiary/aromatic N) is 1. The predicted octanol–water partition coefficient (Wildman–Crippen LogP) is 2.88. The fourth-order valence-electron chi connectivity index (χ4n) is 1.79. The number of methoxy groups -OCH3 is 1. The van der Waals surface area contributed by atoms with Crippen molar-refractivity contribution in [2.45, 2.75) is 6.54 Å². The van der Waals surface area contributed by atoms with Crippen LogP contribution < -0.4 is 21.6 Å². The van der Waals surface area contributed by atoms with Crippen LogP contribution in [0.5, 0.6) is 11.5 Å². The zero-order chi connectivity index (χ0) is 16.1. The number of nitrogens with two attached hydrogens (primary N) is 1. The lowest BCUT2D eigenvalue weighted by Gasteiger charge is -2.13. The molecule has 22 heavy (non-hydrogen) atoms. The van der Waals surface area contributed by atoms with Gasteiger partial charge in [0.05, 0.1) is 22.3 Å². The number of ether oxygens (including phenoxy) is 2. The molecule has 1 heterocycles. The number of hydrogen-bond donors (Lipinski definition) is 2. The summed E-state index contributed by atoms with van der Waals surface area (Å²) in [6, 6.07) is 6.13. The Balaban J connectivity index is 2.29. The highest BCUT2D eigenvalue weighted by molar-refractivity contribution is 6.37. The molecule has 8 heteroatoms. The van der Waals surface area contributed by atoms with E-state index in [4.69, 9.17) is 38.5 Å². The van der Waals surface area contributed by atoms with Crippen LogP contribution in [-0.2, 0) is 11.3 Å². The first kappa shape index (κ1) is 16.6. The van der Waals surface area contributed by atoms with E-state index in [0.29, 0.717) is 40.4 Å². The molecule has 0 aliphatic rings. The number of hydrogen-bond acceptors (Lipinski definition) is 5. The molecule has 2 aromatic rings. The van der Waals surface area contributed by atoms with E-state index in [2.05, 4.69) is 5.43 Å². The zero-order valence-corrected chi connectivity index (χ0v) is 13.3. The van der Waals surface area contributed by atoms with Gasteiger partial charge >= 0.3 is 0 Å². The molecule has 118 valence electrons. The van der Waals surface area contributed by atoms with Crippen LogP contribution in [0.4, 0.5) is 5.69 Å². The summed E-state index contributed by atoms with van der Waals surface area (Å²) >= 11 is 12.2. The van der Waals surface area contributed by atoms with Crippen molar-refractivity contribution in [1.29, 1.82) is 0 Å². The summed E-state index contributed by atoms with van der Waals surface area (Å²) in [4.78, 5) is 11.7. The number of hydrazine groups is 1. The molecule has 0 saturated heterocycles. The van der Waals surface area contributed by atoms with Crippen LogP contribution in [0.25, 0.3) is 0 Å². The Morgan fingerprint density at radius 1 is 1.27 bits per heavy atom. The number of nitrogen functional groups attached to an aromatic ring is 1. The molecule has 1 aromatic heterocycles.